The number of hydrogen-bond acceptors (Lipinski definition) is 4. The molecule has 0 spiro atoms. The van der Waals surface area contributed by atoms with E-state index in [2.05, 4.69) is 10.3 Å². The summed E-state index contributed by atoms with van der Waals surface area (Å²) in [5, 5.41) is 20.6. The van der Waals surface area contributed by atoms with E-state index >= 15 is 0 Å². The van der Waals surface area contributed by atoms with E-state index in [0.717, 1.165) is 5.82 Å². The van der Waals surface area contributed by atoms with Gasteiger partial charge in [-0.2, -0.15) is 0 Å². The molecule has 0 saturated carbocycles. The first-order valence-corrected chi connectivity index (χ1v) is 4.26. The van der Waals surface area contributed by atoms with Crippen molar-refractivity contribution in [3.05, 3.63) is 24.4 Å². The normalized spacial score (nSPS) is 12.5. The Labute approximate surface area is 77.2 Å². The Morgan fingerprint density at radius 1 is 1.38 bits per heavy atom. The third-order valence-corrected chi connectivity index (χ3v) is 1.71. The number of aliphatic hydroxyl groups is 2. The fraction of sp³-hybridized carbons (Fsp3) is 0.444. The van der Waals surface area contributed by atoms with E-state index in [9.17, 15) is 0 Å². The molecule has 3 N–H and O–H groups in total. The van der Waals surface area contributed by atoms with Gasteiger partial charge in [-0.15, -0.1) is 0 Å². The first-order chi connectivity index (χ1) is 6.36. The fourth-order valence-electron chi connectivity index (χ4n) is 1.02. The molecule has 0 amide bonds. The molecule has 1 atom stereocenters. The van der Waals surface area contributed by atoms with Gasteiger partial charge in [-0.25, -0.2) is 4.98 Å². The van der Waals surface area contributed by atoms with Gasteiger partial charge in [0.1, 0.15) is 5.82 Å². The van der Waals surface area contributed by atoms with E-state index < -0.39 is 0 Å². The minimum Gasteiger partial charge on any atom is -0.396 e. The van der Waals surface area contributed by atoms with Crippen LogP contribution in [0, 0.1) is 0 Å². The lowest BCUT2D eigenvalue weighted by molar-refractivity contribution is 0.228. The summed E-state index contributed by atoms with van der Waals surface area (Å²) in [5.74, 6) is 0.718. The number of aliphatic hydroxyl groups excluding tert-OH is 2. The van der Waals surface area contributed by atoms with Crippen LogP contribution in [0.1, 0.15) is 6.42 Å². The van der Waals surface area contributed by atoms with Gasteiger partial charge in [0, 0.05) is 12.8 Å². The summed E-state index contributed by atoms with van der Waals surface area (Å²) in [5.41, 5.74) is 0. The molecule has 0 aliphatic carbocycles. The summed E-state index contributed by atoms with van der Waals surface area (Å²) >= 11 is 0. The first kappa shape index (κ1) is 9.95. The summed E-state index contributed by atoms with van der Waals surface area (Å²) < 4.78 is 0. The second kappa shape index (κ2) is 5.50. The van der Waals surface area contributed by atoms with Gasteiger partial charge in [0.15, 0.2) is 0 Å². The number of nitrogens with one attached hydrogen (secondary N) is 1. The van der Waals surface area contributed by atoms with Gasteiger partial charge in [0.25, 0.3) is 0 Å². The molecule has 13 heavy (non-hydrogen) atoms. The number of pyridine rings is 1. The maximum absolute atomic E-state index is 8.92. The molecular weight excluding hydrogens is 168 g/mol. The van der Waals surface area contributed by atoms with Crippen LogP contribution in [0.15, 0.2) is 24.4 Å². The zero-order valence-corrected chi connectivity index (χ0v) is 7.35. The number of rotatable bonds is 5. The topological polar surface area (TPSA) is 65.4 Å². The minimum atomic E-state index is -0.125. The third-order valence-electron chi connectivity index (χ3n) is 1.71. The van der Waals surface area contributed by atoms with Crippen LogP contribution in [0.2, 0.25) is 0 Å². The van der Waals surface area contributed by atoms with Crippen molar-refractivity contribution in [3.63, 3.8) is 0 Å². The van der Waals surface area contributed by atoms with Crippen LogP contribution in [-0.4, -0.2) is 34.5 Å². The maximum Gasteiger partial charge on any atom is 0.126 e. The molecular formula is C9H14N2O2. The van der Waals surface area contributed by atoms with Crippen molar-refractivity contribution in [2.24, 2.45) is 0 Å². The molecule has 72 valence electrons. The van der Waals surface area contributed by atoms with Crippen LogP contribution < -0.4 is 5.32 Å². The molecule has 4 nitrogen and oxygen atoms in total. The van der Waals surface area contributed by atoms with Gasteiger partial charge in [0.05, 0.1) is 12.6 Å². The Bertz CT molecular complexity index is 228. The van der Waals surface area contributed by atoms with Crippen LogP contribution in [0.3, 0.4) is 0 Å². The molecule has 1 aromatic rings. The highest BCUT2D eigenvalue weighted by Crippen LogP contribution is 2.04. The standard InChI is InChI=1S/C9H14N2O2/c12-6-4-8(7-13)11-9-3-1-2-5-10-9/h1-3,5,8,12-13H,4,6-7H2,(H,10,11). The van der Waals surface area contributed by atoms with Crippen molar-refractivity contribution in [1.29, 1.82) is 0 Å². The maximum atomic E-state index is 8.92. The fourth-order valence-corrected chi connectivity index (χ4v) is 1.02. The SMILES string of the molecule is OCCC(CO)Nc1ccccn1. The van der Waals surface area contributed by atoms with Crippen LogP contribution in [0.25, 0.3) is 0 Å². The zero-order valence-electron chi connectivity index (χ0n) is 7.35. The van der Waals surface area contributed by atoms with Gasteiger partial charge in [-0.1, -0.05) is 6.07 Å². The Balaban J connectivity index is 2.46. The van der Waals surface area contributed by atoms with Crippen LogP contribution in [-0.2, 0) is 0 Å². The molecule has 0 radical (unpaired) electrons. The molecule has 1 unspecified atom stereocenters. The Morgan fingerprint density at radius 3 is 2.77 bits per heavy atom. The van der Waals surface area contributed by atoms with Crippen LogP contribution in [0.4, 0.5) is 5.82 Å². The van der Waals surface area contributed by atoms with Crippen molar-refractivity contribution in [2.75, 3.05) is 18.5 Å². The van der Waals surface area contributed by atoms with Gasteiger partial charge in [-0.3, -0.25) is 0 Å². The quantitative estimate of drug-likeness (QED) is 0.610. The second-order valence-electron chi connectivity index (χ2n) is 2.75. The van der Waals surface area contributed by atoms with E-state index in [1.165, 1.54) is 0 Å². The van der Waals surface area contributed by atoms with Crippen LogP contribution in [0.5, 0.6) is 0 Å². The summed E-state index contributed by atoms with van der Waals surface area (Å²) in [6, 6.07) is 5.38. The highest BCUT2D eigenvalue weighted by molar-refractivity contribution is 5.34. The van der Waals surface area contributed by atoms with Crippen molar-refractivity contribution >= 4 is 5.82 Å². The van der Waals surface area contributed by atoms with E-state index in [1.54, 1.807) is 6.20 Å². The molecule has 0 saturated heterocycles. The van der Waals surface area contributed by atoms with Gasteiger partial charge in [0.2, 0.25) is 0 Å². The Hall–Kier alpha value is -1.13. The number of hydrogen-bond donors (Lipinski definition) is 3. The third kappa shape index (κ3) is 3.40. The van der Waals surface area contributed by atoms with Gasteiger partial charge < -0.3 is 15.5 Å². The predicted molar refractivity (Wildman–Crippen MR) is 50.4 cm³/mol. The van der Waals surface area contributed by atoms with Gasteiger partial charge >= 0.3 is 0 Å². The second-order valence-corrected chi connectivity index (χ2v) is 2.75. The molecule has 1 heterocycles. The predicted octanol–water partition coefficient (Wildman–Crippen LogP) is 0.237. The number of aromatic nitrogens is 1. The first-order valence-electron chi connectivity index (χ1n) is 4.26. The molecule has 1 rings (SSSR count). The summed E-state index contributed by atoms with van der Waals surface area (Å²) in [6.07, 6.45) is 2.20. The van der Waals surface area contributed by atoms with Crippen molar-refractivity contribution < 1.29 is 10.2 Å². The molecule has 1 aromatic heterocycles. The van der Waals surface area contributed by atoms with E-state index in [-0.39, 0.29) is 19.3 Å². The lowest BCUT2D eigenvalue weighted by atomic mass is 10.2. The Morgan fingerprint density at radius 2 is 2.23 bits per heavy atom. The van der Waals surface area contributed by atoms with Crippen molar-refractivity contribution in [1.82, 2.24) is 4.98 Å². The molecule has 4 heteroatoms. The molecule has 0 aliphatic rings. The van der Waals surface area contributed by atoms with E-state index in [4.69, 9.17) is 10.2 Å². The lowest BCUT2D eigenvalue weighted by Gasteiger charge is -2.14. The highest BCUT2D eigenvalue weighted by atomic mass is 16.3. The molecule has 0 fully saturated rings. The molecule has 0 aromatic carbocycles. The van der Waals surface area contributed by atoms with Gasteiger partial charge in [-0.05, 0) is 18.6 Å². The van der Waals surface area contributed by atoms with E-state index in [1.807, 2.05) is 18.2 Å². The minimum absolute atomic E-state index is 0.00284. The lowest BCUT2D eigenvalue weighted by Crippen LogP contribution is -2.25. The van der Waals surface area contributed by atoms with Crippen molar-refractivity contribution in [2.45, 2.75) is 12.5 Å². The number of nitrogens with zero attached hydrogens (tertiary/aromatic N) is 1. The van der Waals surface area contributed by atoms with E-state index in [0.29, 0.717) is 6.42 Å². The average molecular weight is 182 g/mol. The van der Waals surface area contributed by atoms with Crippen LogP contribution >= 0.6 is 0 Å². The number of anilines is 1. The summed E-state index contributed by atoms with van der Waals surface area (Å²) in [6.45, 7) is 0.0577. The largest absolute Gasteiger partial charge is 0.396 e. The summed E-state index contributed by atoms with van der Waals surface area (Å²) in [4.78, 5) is 4.04. The highest BCUT2D eigenvalue weighted by Gasteiger charge is 2.05. The monoisotopic (exact) mass is 182 g/mol. The zero-order chi connectivity index (χ0) is 9.52. The summed E-state index contributed by atoms with van der Waals surface area (Å²) in [7, 11) is 0. The molecule has 0 bridgehead atoms. The van der Waals surface area contributed by atoms with Crippen molar-refractivity contribution in [3.8, 4) is 0 Å². The smallest absolute Gasteiger partial charge is 0.126 e. The average Bonchev–Trinajstić information content (AvgIpc) is 2.19. The molecule has 0 aliphatic heterocycles. The Kier molecular flexibility index (Phi) is 4.21.